The number of thiocarbonyl (C=S) groups is 1. The summed E-state index contributed by atoms with van der Waals surface area (Å²) in [6, 6.07) is 26.5. The number of fused-ring (bicyclic) bond motifs is 1. The zero-order valence-corrected chi connectivity index (χ0v) is 20.5. The predicted molar refractivity (Wildman–Crippen MR) is 141 cm³/mol. The Balaban J connectivity index is 1.51. The van der Waals surface area contributed by atoms with Crippen LogP contribution in [0.4, 0.5) is 5.69 Å². The number of hydrogen-bond acceptors (Lipinski definition) is 4. The molecule has 2 aromatic carbocycles. The summed E-state index contributed by atoms with van der Waals surface area (Å²) in [6.07, 6.45) is 3.90. The first kappa shape index (κ1) is 20.5. The van der Waals surface area contributed by atoms with E-state index in [1.54, 1.807) is 11.3 Å². The number of benzene rings is 2. The first-order valence-electron chi connectivity index (χ1n) is 10.5. The van der Waals surface area contributed by atoms with Gasteiger partial charge in [0.2, 0.25) is 0 Å². The normalized spacial score (nSPS) is 18.1. The Morgan fingerprint density at radius 3 is 2.55 bits per heavy atom. The molecule has 8 heteroatoms. The van der Waals surface area contributed by atoms with E-state index in [-0.39, 0.29) is 12.1 Å². The number of thiazole rings is 1. The van der Waals surface area contributed by atoms with Gasteiger partial charge >= 0.3 is 0 Å². The third-order valence-corrected chi connectivity index (χ3v) is 7.65. The first-order valence-corrected chi connectivity index (χ1v) is 12.5. The molecular weight excluding hydrogens is 514 g/mol. The molecule has 0 spiro atoms. The van der Waals surface area contributed by atoms with Crippen LogP contribution in [0.15, 0.2) is 95.7 Å². The lowest BCUT2D eigenvalue weighted by Gasteiger charge is -2.28. The molecule has 33 heavy (non-hydrogen) atoms. The van der Waals surface area contributed by atoms with E-state index in [4.69, 9.17) is 17.2 Å². The van der Waals surface area contributed by atoms with Gasteiger partial charge in [-0.15, -0.1) is 0 Å². The molecular formula is C25H18BrN5S2. The van der Waals surface area contributed by atoms with Crippen molar-refractivity contribution in [2.45, 2.75) is 12.1 Å². The Bertz CT molecular complexity index is 1410. The summed E-state index contributed by atoms with van der Waals surface area (Å²) in [7, 11) is 0. The van der Waals surface area contributed by atoms with Crippen molar-refractivity contribution in [2.75, 3.05) is 4.90 Å². The molecule has 2 atom stereocenters. The van der Waals surface area contributed by atoms with Gasteiger partial charge in [-0.2, -0.15) is 0 Å². The average Bonchev–Trinajstić information content (AvgIpc) is 3.56. The summed E-state index contributed by atoms with van der Waals surface area (Å²) < 4.78 is 4.37. The van der Waals surface area contributed by atoms with E-state index in [0.717, 1.165) is 32.2 Å². The number of aromatic nitrogens is 3. The second-order valence-electron chi connectivity index (χ2n) is 7.74. The summed E-state index contributed by atoms with van der Waals surface area (Å²) >= 11 is 11.1. The minimum Gasteiger partial charge on any atom is -0.351 e. The molecule has 0 bridgehead atoms. The fourth-order valence-electron chi connectivity index (χ4n) is 4.31. The van der Waals surface area contributed by atoms with E-state index in [1.807, 2.05) is 48.7 Å². The van der Waals surface area contributed by atoms with Crippen molar-refractivity contribution in [1.82, 2.24) is 19.9 Å². The Labute approximate surface area is 208 Å². The fourth-order valence-corrected chi connectivity index (χ4v) is 5.89. The molecule has 0 amide bonds. The summed E-state index contributed by atoms with van der Waals surface area (Å²) in [6.45, 7) is 0. The van der Waals surface area contributed by atoms with E-state index >= 15 is 0 Å². The van der Waals surface area contributed by atoms with Gasteiger partial charge in [0, 0.05) is 22.6 Å². The number of rotatable bonds is 4. The molecule has 0 unspecified atom stereocenters. The molecule has 3 aromatic heterocycles. The maximum absolute atomic E-state index is 5.85. The van der Waals surface area contributed by atoms with E-state index in [2.05, 4.69) is 78.3 Å². The molecule has 1 aliphatic heterocycles. The highest BCUT2D eigenvalue weighted by molar-refractivity contribution is 9.10. The Hall–Kier alpha value is -3.07. The van der Waals surface area contributed by atoms with Gasteiger partial charge in [-0.25, -0.2) is 4.98 Å². The van der Waals surface area contributed by atoms with E-state index in [9.17, 15) is 0 Å². The van der Waals surface area contributed by atoms with Crippen LogP contribution in [-0.4, -0.2) is 19.6 Å². The van der Waals surface area contributed by atoms with E-state index in [0.29, 0.717) is 5.11 Å². The molecule has 5 nitrogen and oxygen atoms in total. The van der Waals surface area contributed by atoms with Gasteiger partial charge in [0.15, 0.2) is 10.2 Å². The summed E-state index contributed by atoms with van der Waals surface area (Å²) in [5.74, 6) is 0. The zero-order chi connectivity index (χ0) is 22.4. The number of anilines is 1. The predicted octanol–water partition coefficient (Wildman–Crippen LogP) is 6.42. The van der Waals surface area contributed by atoms with Crippen LogP contribution >= 0.6 is 39.5 Å². The van der Waals surface area contributed by atoms with Gasteiger partial charge < -0.3 is 10.2 Å². The zero-order valence-electron chi connectivity index (χ0n) is 17.3. The molecule has 0 radical (unpaired) electrons. The third-order valence-electron chi connectivity index (χ3n) is 5.77. The Morgan fingerprint density at radius 2 is 1.76 bits per heavy atom. The summed E-state index contributed by atoms with van der Waals surface area (Å²) in [5.41, 5.74) is 4.07. The van der Waals surface area contributed by atoms with Crippen molar-refractivity contribution in [2.24, 2.45) is 0 Å². The van der Waals surface area contributed by atoms with E-state index < -0.39 is 0 Å². The van der Waals surface area contributed by atoms with Crippen LogP contribution in [0.3, 0.4) is 0 Å². The topological polar surface area (TPSA) is 46.0 Å². The molecule has 1 saturated heterocycles. The highest BCUT2D eigenvalue weighted by atomic mass is 79.9. The minimum atomic E-state index is -0.106. The molecule has 0 saturated carbocycles. The lowest BCUT2D eigenvalue weighted by molar-refractivity contribution is 0.549. The maximum Gasteiger partial charge on any atom is 0.194 e. The van der Waals surface area contributed by atoms with Crippen LogP contribution in [0.2, 0.25) is 0 Å². The number of nitrogens with one attached hydrogen (secondary N) is 1. The van der Waals surface area contributed by atoms with Crippen LogP contribution in [0.25, 0.3) is 15.3 Å². The second-order valence-corrected chi connectivity index (χ2v) is 10.1. The summed E-state index contributed by atoms with van der Waals surface area (Å²) in [5, 5.41) is 5.14. The van der Waals surface area contributed by atoms with Crippen molar-refractivity contribution < 1.29 is 0 Å². The van der Waals surface area contributed by atoms with Crippen LogP contribution in [0, 0.1) is 0 Å². The first-order chi connectivity index (χ1) is 16.2. The van der Waals surface area contributed by atoms with Gasteiger partial charge in [0.1, 0.15) is 6.04 Å². The van der Waals surface area contributed by atoms with Crippen LogP contribution in [-0.2, 0) is 0 Å². The highest BCUT2D eigenvalue weighted by Crippen LogP contribution is 2.42. The van der Waals surface area contributed by atoms with Crippen LogP contribution in [0.1, 0.15) is 23.5 Å². The molecule has 162 valence electrons. The van der Waals surface area contributed by atoms with Crippen LogP contribution in [0.5, 0.6) is 0 Å². The van der Waals surface area contributed by atoms with Crippen molar-refractivity contribution in [1.29, 1.82) is 0 Å². The monoisotopic (exact) mass is 531 g/mol. The summed E-state index contributed by atoms with van der Waals surface area (Å²) in [4.78, 5) is 11.7. The number of nitrogens with zero attached hydrogens (tertiary/aromatic N) is 4. The van der Waals surface area contributed by atoms with E-state index in [1.165, 1.54) is 4.70 Å². The molecule has 1 fully saturated rings. The smallest absolute Gasteiger partial charge is 0.194 e. The largest absolute Gasteiger partial charge is 0.351 e. The molecule has 4 heterocycles. The minimum absolute atomic E-state index is 0.101. The van der Waals surface area contributed by atoms with Gasteiger partial charge in [0.25, 0.3) is 0 Å². The number of pyridine rings is 1. The van der Waals surface area contributed by atoms with Crippen molar-refractivity contribution in [3.05, 3.63) is 107 Å². The van der Waals surface area contributed by atoms with Gasteiger partial charge in [0.05, 0.1) is 27.6 Å². The van der Waals surface area contributed by atoms with Crippen LogP contribution < -0.4 is 10.2 Å². The lowest BCUT2D eigenvalue weighted by atomic mass is 10.0. The second kappa shape index (κ2) is 8.37. The SMILES string of the molecule is S=C1N[C@H](c2ccccn2)[C@H](c2cccn2-c2nc3ccccc3s2)N1c1ccc(Br)cc1. The van der Waals surface area contributed by atoms with Gasteiger partial charge in [-0.1, -0.05) is 45.5 Å². The standard InChI is InChI=1S/C25H18BrN5S2/c26-16-10-12-17(13-11-16)31-23(22(29-24(31)32)19-7-3-4-14-27-19)20-8-5-15-30(20)25-28-18-6-1-2-9-21(18)33-25/h1-15,22-23H,(H,29,32)/t22-,23+/m1/s1. The maximum atomic E-state index is 5.85. The molecule has 1 N–H and O–H groups in total. The van der Waals surface area contributed by atoms with Crippen molar-refractivity contribution in [3.8, 4) is 5.13 Å². The molecule has 0 aliphatic carbocycles. The Morgan fingerprint density at radius 1 is 0.939 bits per heavy atom. The molecule has 5 aromatic rings. The number of halogens is 1. The fraction of sp³-hybridized carbons (Fsp3) is 0.0800. The van der Waals surface area contributed by atoms with Crippen molar-refractivity contribution in [3.63, 3.8) is 0 Å². The van der Waals surface area contributed by atoms with Crippen molar-refractivity contribution >= 4 is 60.5 Å². The van der Waals surface area contributed by atoms with Gasteiger partial charge in [-0.3, -0.25) is 9.55 Å². The Kier molecular flexibility index (Phi) is 5.21. The number of hydrogen-bond donors (Lipinski definition) is 1. The average molecular weight is 532 g/mol. The lowest BCUT2D eigenvalue weighted by Crippen LogP contribution is -2.30. The third kappa shape index (κ3) is 3.64. The quantitative estimate of drug-likeness (QED) is 0.271. The highest BCUT2D eigenvalue weighted by Gasteiger charge is 2.42. The number of para-hydroxylation sites is 1. The van der Waals surface area contributed by atoms with Gasteiger partial charge in [-0.05, 0) is 72.9 Å². The molecule has 1 aliphatic rings. The molecule has 6 rings (SSSR count).